The van der Waals surface area contributed by atoms with Crippen LogP contribution in [0.2, 0.25) is 0 Å². The van der Waals surface area contributed by atoms with Gasteiger partial charge in [0.05, 0.1) is 11.8 Å². The van der Waals surface area contributed by atoms with Crippen LogP contribution >= 0.6 is 15.9 Å². The first-order chi connectivity index (χ1) is 8.99. The quantitative estimate of drug-likeness (QED) is 0.897. The third-order valence-corrected chi connectivity index (χ3v) is 4.70. The molecular weight excluding hydrogens is 304 g/mol. The third-order valence-electron chi connectivity index (χ3n) is 4.06. The highest BCUT2D eigenvalue weighted by Gasteiger charge is 2.23. The Bertz CT molecular complexity index is 426. The van der Waals surface area contributed by atoms with Gasteiger partial charge in [-0.05, 0) is 66.2 Å². The fraction of sp³-hybridized carbons (Fsp3) is 0.600. The molecule has 0 spiro atoms. The summed E-state index contributed by atoms with van der Waals surface area (Å²) in [5.74, 6) is 0.443. The van der Waals surface area contributed by atoms with E-state index in [4.69, 9.17) is 5.73 Å². The molecule has 1 aliphatic rings. The molecule has 106 valence electrons. The zero-order valence-corrected chi connectivity index (χ0v) is 13.2. The molecule has 19 heavy (non-hydrogen) atoms. The predicted octanol–water partition coefficient (Wildman–Crippen LogP) is 3.07. The molecule has 0 saturated carbocycles. The van der Waals surface area contributed by atoms with E-state index >= 15 is 0 Å². The number of hydrogen-bond acceptors (Lipinski definition) is 3. The maximum atomic E-state index is 9.64. The molecule has 4 heteroatoms. The normalized spacial score (nSPS) is 20.4. The van der Waals surface area contributed by atoms with Crippen molar-refractivity contribution in [1.82, 2.24) is 0 Å². The van der Waals surface area contributed by atoms with E-state index in [0.29, 0.717) is 5.92 Å². The molecule has 1 heterocycles. The van der Waals surface area contributed by atoms with Crippen molar-refractivity contribution in [3.63, 3.8) is 0 Å². The van der Waals surface area contributed by atoms with Gasteiger partial charge < -0.3 is 15.7 Å². The van der Waals surface area contributed by atoms with Crippen molar-refractivity contribution in [3.8, 4) is 0 Å². The topological polar surface area (TPSA) is 49.5 Å². The van der Waals surface area contributed by atoms with E-state index in [1.807, 2.05) is 13.8 Å². The Morgan fingerprint density at radius 3 is 2.42 bits per heavy atom. The molecule has 1 saturated heterocycles. The standard InChI is InChI=1S/C15H23BrN2O/c1-10(17)13-3-4-15(14(16)9-13)18-7-5-12(6-8-18)11(2)19/h3-4,9-12,19H,5-8,17H2,1-2H3/t10-,11?/m0/s1. The van der Waals surface area contributed by atoms with Crippen molar-refractivity contribution in [2.75, 3.05) is 18.0 Å². The van der Waals surface area contributed by atoms with Crippen LogP contribution in [0.1, 0.15) is 38.3 Å². The second kappa shape index (κ2) is 6.25. The summed E-state index contributed by atoms with van der Waals surface area (Å²) in [7, 11) is 0. The first-order valence-corrected chi connectivity index (χ1v) is 7.76. The molecule has 2 atom stereocenters. The van der Waals surface area contributed by atoms with Crippen LogP contribution in [0.4, 0.5) is 5.69 Å². The average molecular weight is 327 g/mol. The Morgan fingerprint density at radius 1 is 1.32 bits per heavy atom. The highest BCUT2D eigenvalue weighted by molar-refractivity contribution is 9.10. The van der Waals surface area contributed by atoms with Crippen LogP contribution in [0.15, 0.2) is 22.7 Å². The van der Waals surface area contributed by atoms with Crippen molar-refractivity contribution < 1.29 is 5.11 Å². The Balaban J connectivity index is 2.07. The number of anilines is 1. The molecule has 1 aromatic carbocycles. The molecule has 0 bridgehead atoms. The predicted molar refractivity (Wildman–Crippen MR) is 83.4 cm³/mol. The molecule has 1 fully saturated rings. The molecule has 2 rings (SSSR count). The molecule has 0 amide bonds. The summed E-state index contributed by atoms with van der Waals surface area (Å²) >= 11 is 3.65. The van der Waals surface area contributed by atoms with Crippen molar-refractivity contribution in [3.05, 3.63) is 28.2 Å². The van der Waals surface area contributed by atoms with Gasteiger partial charge in [0, 0.05) is 23.6 Å². The number of hydrogen-bond donors (Lipinski definition) is 2. The molecule has 1 aromatic rings. The van der Waals surface area contributed by atoms with Gasteiger partial charge in [-0.25, -0.2) is 0 Å². The summed E-state index contributed by atoms with van der Waals surface area (Å²) in [4.78, 5) is 2.38. The van der Waals surface area contributed by atoms with Crippen LogP contribution in [-0.4, -0.2) is 24.3 Å². The number of aliphatic hydroxyl groups is 1. The molecule has 0 radical (unpaired) electrons. The summed E-state index contributed by atoms with van der Waals surface area (Å²) in [6.45, 7) is 5.90. The smallest absolute Gasteiger partial charge is 0.0541 e. The van der Waals surface area contributed by atoms with Crippen LogP contribution < -0.4 is 10.6 Å². The lowest BCUT2D eigenvalue weighted by molar-refractivity contribution is 0.110. The second-order valence-electron chi connectivity index (χ2n) is 5.56. The number of piperidine rings is 1. The molecular formula is C15H23BrN2O. The van der Waals surface area contributed by atoms with Gasteiger partial charge in [0.2, 0.25) is 0 Å². The second-order valence-corrected chi connectivity index (χ2v) is 6.42. The summed E-state index contributed by atoms with van der Waals surface area (Å²) in [5, 5.41) is 9.64. The Hall–Kier alpha value is -0.580. The first kappa shape index (κ1) is 14.8. The zero-order chi connectivity index (χ0) is 14.0. The summed E-state index contributed by atoms with van der Waals surface area (Å²) in [6, 6.07) is 6.42. The van der Waals surface area contributed by atoms with Crippen LogP contribution in [0.5, 0.6) is 0 Å². The summed E-state index contributed by atoms with van der Waals surface area (Å²) < 4.78 is 1.11. The van der Waals surface area contributed by atoms with Gasteiger partial charge in [-0.1, -0.05) is 6.07 Å². The first-order valence-electron chi connectivity index (χ1n) is 6.97. The Kier molecular flexibility index (Phi) is 4.87. The van der Waals surface area contributed by atoms with E-state index in [2.05, 4.69) is 39.0 Å². The van der Waals surface area contributed by atoms with Crippen molar-refractivity contribution in [2.24, 2.45) is 11.7 Å². The van der Waals surface area contributed by atoms with Gasteiger partial charge in [-0.15, -0.1) is 0 Å². The van der Waals surface area contributed by atoms with Crippen molar-refractivity contribution in [2.45, 2.75) is 38.8 Å². The fourth-order valence-electron chi connectivity index (χ4n) is 2.69. The van der Waals surface area contributed by atoms with E-state index in [0.717, 1.165) is 36.0 Å². The number of benzene rings is 1. The average Bonchev–Trinajstić information content (AvgIpc) is 2.38. The number of aliphatic hydroxyl groups excluding tert-OH is 1. The number of rotatable bonds is 3. The Morgan fingerprint density at radius 2 is 1.95 bits per heavy atom. The van der Waals surface area contributed by atoms with Crippen LogP contribution in [-0.2, 0) is 0 Å². The molecule has 0 aromatic heterocycles. The number of nitrogens with zero attached hydrogens (tertiary/aromatic N) is 1. The SMILES string of the molecule is CC(O)C1CCN(c2ccc([C@H](C)N)cc2Br)CC1. The molecule has 3 nitrogen and oxygen atoms in total. The molecule has 1 unspecified atom stereocenters. The minimum absolute atomic E-state index is 0.0614. The van der Waals surface area contributed by atoms with E-state index in [1.54, 1.807) is 0 Å². The lowest BCUT2D eigenvalue weighted by Gasteiger charge is -2.35. The molecule has 0 aliphatic carbocycles. The maximum absolute atomic E-state index is 9.64. The van der Waals surface area contributed by atoms with Gasteiger partial charge >= 0.3 is 0 Å². The minimum Gasteiger partial charge on any atom is -0.393 e. The minimum atomic E-state index is -0.189. The van der Waals surface area contributed by atoms with Gasteiger partial charge in [0.25, 0.3) is 0 Å². The maximum Gasteiger partial charge on any atom is 0.0541 e. The number of halogens is 1. The highest BCUT2D eigenvalue weighted by atomic mass is 79.9. The monoisotopic (exact) mass is 326 g/mol. The zero-order valence-electron chi connectivity index (χ0n) is 11.6. The van der Waals surface area contributed by atoms with Gasteiger partial charge in [-0.3, -0.25) is 0 Å². The van der Waals surface area contributed by atoms with Crippen molar-refractivity contribution in [1.29, 1.82) is 0 Å². The summed E-state index contributed by atoms with van der Waals surface area (Å²) in [6.07, 6.45) is 1.92. The van der Waals surface area contributed by atoms with Crippen LogP contribution in [0.3, 0.4) is 0 Å². The van der Waals surface area contributed by atoms with E-state index in [9.17, 15) is 5.11 Å². The number of nitrogens with two attached hydrogens (primary N) is 1. The van der Waals surface area contributed by atoms with Crippen LogP contribution in [0, 0.1) is 5.92 Å². The van der Waals surface area contributed by atoms with Gasteiger partial charge in [-0.2, -0.15) is 0 Å². The Labute approximate surface area is 123 Å². The van der Waals surface area contributed by atoms with Crippen LogP contribution in [0.25, 0.3) is 0 Å². The lowest BCUT2D eigenvalue weighted by Crippen LogP contribution is -2.37. The largest absolute Gasteiger partial charge is 0.393 e. The van der Waals surface area contributed by atoms with Gasteiger partial charge in [0.15, 0.2) is 0 Å². The van der Waals surface area contributed by atoms with E-state index in [1.165, 1.54) is 5.69 Å². The highest BCUT2D eigenvalue weighted by Crippen LogP contribution is 2.32. The van der Waals surface area contributed by atoms with E-state index < -0.39 is 0 Å². The van der Waals surface area contributed by atoms with E-state index in [-0.39, 0.29) is 12.1 Å². The third kappa shape index (κ3) is 3.50. The molecule has 1 aliphatic heterocycles. The fourth-order valence-corrected chi connectivity index (χ4v) is 3.33. The van der Waals surface area contributed by atoms with Gasteiger partial charge in [0.1, 0.15) is 0 Å². The van der Waals surface area contributed by atoms with Crippen molar-refractivity contribution >= 4 is 21.6 Å². The molecule has 3 N–H and O–H groups in total. The lowest BCUT2D eigenvalue weighted by atomic mass is 9.92. The summed E-state index contributed by atoms with van der Waals surface area (Å²) in [5.41, 5.74) is 8.28.